The number of amides is 1. The van der Waals surface area contributed by atoms with E-state index in [2.05, 4.69) is 29.2 Å². The average Bonchev–Trinajstić information content (AvgIpc) is 2.58. The summed E-state index contributed by atoms with van der Waals surface area (Å²) in [5, 5.41) is 6.32. The molecular formula is C20H33N3O3S. The monoisotopic (exact) mass is 395 g/mol. The second kappa shape index (κ2) is 9.17. The van der Waals surface area contributed by atoms with Crippen molar-refractivity contribution in [2.75, 3.05) is 5.32 Å². The van der Waals surface area contributed by atoms with Crippen molar-refractivity contribution < 1.29 is 13.2 Å². The van der Waals surface area contributed by atoms with Crippen LogP contribution in [-0.2, 0) is 14.8 Å². The highest BCUT2D eigenvalue weighted by Gasteiger charge is 2.29. The van der Waals surface area contributed by atoms with Gasteiger partial charge in [-0.05, 0) is 63.3 Å². The van der Waals surface area contributed by atoms with Gasteiger partial charge in [-0.25, -0.2) is 13.1 Å². The molecule has 2 rings (SSSR count). The summed E-state index contributed by atoms with van der Waals surface area (Å²) in [6, 6.07) is 6.10. The summed E-state index contributed by atoms with van der Waals surface area (Å²) in [5.74, 6) is 1.10. The van der Waals surface area contributed by atoms with Gasteiger partial charge in [0.15, 0.2) is 0 Å². The smallest absolute Gasteiger partial charge is 0.241 e. The minimum absolute atomic E-state index is 0.115. The first kappa shape index (κ1) is 21.9. The lowest BCUT2D eigenvalue weighted by Gasteiger charge is -2.36. The van der Waals surface area contributed by atoms with Crippen LogP contribution in [0.25, 0.3) is 0 Å². The van der Waals surface area contributed by atoms with Crippen molar-refractivity contribution >= 4 is 21.6 Å². The summed E-state index contributed by atoms with van der Waals surface area (Å²) >= 11 is 0. The first-order valence-electron chi connectivity index (χ1n) is 9.79. The van der Waals surface area contributed by atoms with E-state index in [1.807, 2.05) is 6.92 Å². The van der Waals surface area contributed by atoms with E-state index in [0.29, 0.717) is 23.6 Å². The molecule has 0 unspecified atom stereocenters. The molecule has 1 fully saturated rings. The van der Waals surface area contributed by atoms with Crippen molar-refractivity contribution in [2.24, 2.45) is 11.8 Å². The number of anilines is 1. The number of hydrogen-bond donors (Lipinski definition) is 3. The molecule has 1 aliphatic rings. The third-order valence-corrected chi connectivity index (χ3v) is 7.06. The molecule has 0 saturated heterocycles. The van der Waals surface area contributed by atoms with Gasteiger partial charge >= 0.3 is 0 Å². The van der Waals surface area contributed by atoms with Crippen molar-refractivity contribution in [3.8, 4) is 0 Å². The fourth-order valence-electron chi connectivity index (χ4n) is 3.56. The van der Waals surface area contributed by atoms with Gasteiger partial charge < -0.3 is 10.6 Å². The molecule has 1 aromatic rings. The van der Waals surface area contributed by atoms with E-state index in [0.717, 1.165) is 6.42 Å². The Balaban J connectivity index is 1.95. The van der Waals surface area contributed by atoms with Crippen LogP contribution in [0.3, 0.4) is 0 Å². The van der Waals surface area contributed by atoms with Crippen LogP contribution in [0.4, 0.5) is 5.69 Å². The fourth-order valence-corrected chi connectivity index (χ4v) is 4.81. The summed E-state index contributed by atoms with van der Waals surface area (Å²) in [4.78, 5) is 12.7. The van der Waals surface area contributed by atoms with Crippen LogP contribution < -0.4 is 15.4 Å². The second-order valence-corrected chi connectivity index (χ2v) is 9.77. The number of sulfonamides is 1. The number of benzene rings is 1. The Kier molecular flexibility index (Phi) is 7.42. The lowest BCUT2D eigenvalue weighted by molar-refractivity contribution is -0.118. The van der Waals surface area contributed by atoms with Gasteiger partial charge in [0.25, 0.3) is 0 Å². The van der Waals surface area contributed by atoms with Gasteiger partial charge in [0.1, 0.15) is 0 Å². The quantitative estimate of drug-likeness (QED) is 0.662. The second-order valence-electron chi connectivity index (χ2n) is 8.05. The van der Waals surface area contributed by atoms with Gasteiger partial charge in [0.05, 0.1) is 10.9 Å². The Bertz CT molecular complexity index is 731. The largest absolute Gasteiger partial charge is 0.325 e. The summed E-state index contributed by atoms with van der Waals surface area (Å²) < 4.78 is 26.9. The molecule has 27 heavy (non-hydrogen) atoms. The first-order chi connectivity index (χ1) is 12.6. The predicted molar refractivity (Wildman–Crippen MR) is 109 cm³/mol. The van der Waals surface area contributed by atoms with Crippen molar-refractivity contribution in [3.63, 3.8) is 0 Å². The van der Waals surface area contributed by atoms with Crippen LogP contribution in [0.1, 0.15) is 53.9 Å². The molecule has 1 saturated carbocycles. The minimum atomic E-state index is -3.53. The van der Waals surface area contributed by atoms with Crippen molar-refractivity contribution in [2.45, 2.75) is 76.9 Å². The zero-order valence-corrected chi connectivity index (χ0v) is 17.8. The van der Waals surface area contributed by atoms with Gasteiger partial charge in [-0.1, -0.05) is 26.7 Å². The lowest BCUT2D eigenvalue weighted by atomic mass is 9.78. The highest BCUT2D eigenvalue weighted by atomic mass is 32.2. The maximum Gasteiger partial charge on any atom is 0.241 e. The fraction of sp³-hybridized carbons (Fsp3) is 0.650. The van der Waals surface area contributed by atoms with E-state index in [-0.39, 0.29) is 22.9 Å². The van der Waals surface area contributed by atoms with Gasteiger partial charge in [-0.15, -0.1) is 0 Å². The summed E-state index contributed by atoms with van der Waals surface area (Å²) in [7, 11) is -3.53. The van der Waals surface area contributed by atoms with Crippen LogP contribution in [0.15, 0.2) is 29.2 Å². The Hall–Kier alpha value is -1.44. The van der Waals surface area contributed by atoms with E-state index < -0.39 is 10.0 Å². The van der Waals surface area contributed by atoms with E-state index >= 15 is 0 Å². The molecular weight excluding hydrogens is 362 g/mol. The zero-order chi connectivity index (χ0) is 20.2. The van der Waals surface area contributed by atoms with Gasteiger partial charge in [-0.2, -0.15) is 0 Å². The van der Waals surface area contributed by atoms with Gasteiger partial charge in [0, 0.05) is 17.8 Å². The molecule has 1 aliphatic carbocycles. The topological polar surface area (TPSA) is 87.3 Å². The molecule has 0 spiro atoms. The molecule has 0 bridgehead atoms. The molecule has 7 heteroatoms. The Morgan fingerprint density at radius 1 is 1.07 bits per heavy atom. The van der Waals surface area contributed by atoms with Gasteiger partial charge in [-0.3, -0.25) is 4.79 Å². The highest BCUT2D eigenvalue weighted by Crippen LogP contribution is 2.29. The molecule has 6 nitrogen and oxygen atoms in total. The lowest BCUT2D eigenvalue weighted by Crippen LogP contribution is -2.49. The molecule has 3 N–H and O–H groups in total. The SMILES string of the molecule is CC(C)NS(=O)(=O)c1ccc(NC(=O)[C@H](C)N[C@H]2CCC[C@H](C)[C@H]2C)cc1. The first-order valence-corrected chi connectivity index (χ1v) is 11.3. The maximum absolute atomic E-state index is 12.5. The standard InChI is InChI=1S/C20H33N3O3S/c1-13(2)23-27(25,26)18-11-9-17(10-12-18)22-20(24)16(5)21-19-8-6-7-14(3)15(19)4/h9-16,19,21,23H,6-8H2,1-5H3,(H,22,24)/t14-,15+,16-,19-/m0/s1. The Morgan fingerprint density at radius 3 is 2.30 bits per heavy atom. The highest BCUT2D eigenvalue weighted by molar-refractivity contribution is 7.89. The third-order valence-electron chi connectivity index (χ3n) is 5.39. The van der Waals surface area contributed by atoms with Crippen LogP contribution in [0, 0.1) is 11.8 Å². The normalized spacial score (nSPS) is 24.6. The van der Waals surface area contributed by atoms with Crippen molar-refractivity contribution in [3.05, 3.63) is 24.3 Å². The number of rotatable bonds is 7. The zero-order valence-electron chi connectivity index (χ0n) is 17.0. The number of hydrogen-bond acceptors (Lipinski definition) is 4. The van der Waals surface area contributed by atoms with Crippen LogP contribution in [-0.4, -0.2) is 32.5 Å². The van der Waals surface area contributed by atoms with Crippen molar-refractivity contribution in [1.29, 1.82) is 0 Å². The van der Waals surface area contributed by atoms with Gasteiger partial charge in [0.2, 0.25) is 15.9 Å². The number of nitrogens with one attached hydrogen (secondary N) is 3. The molecule has 1 aromatic carbocycles. The molecule has 0 radical (unpaired) electrons. The molecule has 0 heterocycles. The molecule has 0 aromatic heterocycles. The Morgan fingerprint density at radius 2 is 1.70 bits per heavy atom. The van der Waals surface area contributed by atoms with E-state index in [1.54, 1.807) is 26.0 Å². The van der Waals surface area contributed by atoms with Crippen LogP contribution in [0.2, 0.25) is 0 Å². The summed E-state index contributed by atoms with van der Waals surface area (Å²) in [5.41, 5.74) is 0.585. The van der Waals surface area contributed by atoms with E-state index in [9.17, 15) is 13.2 Å². The van der Waals surface area contributed by atoms with Crippen molar-refractivity contribution in [1.82, 2.24) is 10.0 Å². The van der Waals surface area contributed by atoms with Crippen LogP contribution in [0.5, 0.6) is 0 Å². The molecule has 1 amide bonds. The van der Waals surface area contributed by atoms with Crippen LogP contribution >= 0.6 is 0 Å². The minimum Gasteiger partial charge on any atom is -0.325 e. The third kappa shape index (κ3) is 6.02. The Labute approximate surface area is 163 Å². The van der Waals surface area contributed by atoms with E-state index in [1.165, 1.54) is 25.0 Å². The molecule has 152 valence electrons. The average molecular weight is 396 g/mol. The summed E-state index contributed by atoms with van der Waals surface area (Å²) in [6.07, 6.45) is 3.54. The summed E-state index contributed by atoms with van der Waals surface area (Å²) in [6.45, 7) is 9.93. The number of carbonyl (C=O) groups excluding carboxylic acids is 1. The maximum atomic E-state index is 12.5. The number of carbonyl (C=O) groups is 1. The molecule has 0 aliphatic heterocycles. The predicted octanol–water partition coefficient (Wildman–Crippen LogP) is 3.11. The van der Waals surface area contributed by atoms with E-state index in [4.69, 9.17) is 0 Å². The molecule has 4 atom stereocenters.